The molecule has 1 amide bonds. The van der Waals surface area contributed by atoms with Gasteiger partial charge in [-0.3, -0.25) is 14.0 Å². The van der Waals surface area contributed by atoms with Crippen LogP contribution in [0.4, 0.5) is 0 Å². The molecule has 0 saturated carbocycles. The molecule has 0 radical (unpaired) electrons. The van der Waals surface area contributed by atoms with Crippen molar-refractivity contribution in [3.8, 4) is 11.5 Å². The van der Waals surface area contributed by atoms with Crippen LogP contribution in [0.25, 0.3) is 5.65 Å². The molecule has 7 heteroatoms. The average molecular weight is 379 g/mol. The van der Waals surface area contributed by atoms with Crippen LogP contribution in [0.1, 0.15) is 42.2 Å². The first-order chi connectivity index (χ1) is 13.4. The summed E-state index contributed by atoms with van der Waals surface area (Å²) >= 11 is 0. The molecule has 7 nitrogen and oxygen atoms in total. The monoisotopic (exact) mass is 379 g/mol. The number of aromatic nitrogens is 2. The van der Waals surface area contributed by atoms with Crippen LogP contribution in [0, 0.1) is 0 Å². The molecule has 1 aliphatic heterocycles. The summed E-state index contributed by atoms with van der Waals surface area (Å²) in [6.07, 6.45) is 3.48. The van der Waals surface area contributed by atoms with Crippen molar-refractivity contribution < 1.29 is 14.3 Å². The minimum atomic E-state index is -0.466. The van der Waals surface area contributed by atoms with Gasteiger partial charge in [0.15, 0.2) is 0 Å². The minimum Gasteiger partial charge on any atom is -0.497 e. The molecule has 4 rings (SSSR count). The largest absolute Gasteiger partial charge is 0.497 e. The van der Waals surface area contributed by atoms with Crippen molar-refractivity contribution in [3.63, 3.8) is 0 Å². The zero-order valence-electron chi connectivity index (χ0n) is 15.9. The van der Waals surface area contributed by atoms with E-state index < -0.39 is 17.1 Å². The highest BCUT2D eigenvalue weighted by Crippen LogP contribution is 2.41. The van der Waals surface area contributed by atoms with Gasteiger partial charge in [0.25, 0.3) is 11.5 Å². The van der Waals surface area contributed by atoms with E-state index in [2.05, 4.69) is 10.3 Å². The number of hydrogen-bond donors (Lipinski definition) is 1. The molecule has 28 heavy (non-hydrogen) atoms. The smallest absolute Gasteiger partial charge is 0.270 e. The Labute approximate surface area is 161 Å². The van der Waals surface area contributed by atoms with Gasteiger partial charge in [-0.2, -0.15) is 0 Å². The number of carbonyl (C=O) groups excluding carboxylic acids is 1. The number of ether oxygens (including phenoxy) is 2. The van der Waals surface area contributed by atoms with Gasteiger partial charge < -0.3 is 14.8 Å². The number of pyridine rings is 1. The first-order valence-corrected chi connectivity index (χ1v) is 9.02. The lowest BCUT2D eigenvalue weighted by atomic mass is 9.89. The number of carbonyl (C=O) groups is 1. The lowest BCUT2D eigenvalue weighted by molar-refractivity contribution is 0.0617. The molecular formula is C21H21N3O4. The Kier molecular flexibility index (Phi) is 4.30. The Balaban J connectivity index is 1.70. The van der Waals surface area contributed by atoms with Crippen LogP contribution in [0.5, 0.6) is 11.5 Å². The van der Waals surface area contributed by atoms with Crippen molar-refractivity contribution in [2.24, 2.45) is 0 Å². The number of benzene rings is 1. The van der Waals surface area contributed by atoms with E-state index in [9.17, 15) is 9.59 Å². The van der Waals surface area contributed by atoms with Gasteiger partial charge in [0.05, 0.1) is 13.2 Å². The molecule has 2 aromatic heterocycles. The quantitative estimate of drug-likeness (QED) is 0.757. The van der Waals surface area contributed by atoms with Crippen LogP contribution in [0.2, 0.25) is 0 Å². The summed E-state index contributed by atoms with van der Waals surface area (Å²) in [7, 11) is 1.59. The molecule has 1 atom stereocenters. The zero-order chi connectivity index (χ0) is 19.9. The van der Waals surface area contributed by atoms with E-state index in [1.807, 2.05) is 32.0 Å². The Morgan fingerprint density at radius 2 is 2.14 bits per heavy atom. The minimum absolute atomic E-state index is 0.00237. The van der Waals surface area contributed by atoms with Crippen LogP contribution < -0.4 is 20.3 Å². The maximum Gasteiger partial charge on any atom is 0.270 e. The summed E-state index contributed by atoms with van der Waals surface area (Å²) in [6.45, 7) is 3.93. The fourth-order valence-electron chi connectivity index (χ4n) is 3.51. The van der Waals surface area contributed by atoms with Gasteiger partial charge in [-0.05, 0) is 44.2 Å². The second-order valence-corrected chi connectivity index (χ2v) is 7.40. The molecule has 0 spiro atoms. The lowest BCUT2D eigenvalue weighted by Gasteiger charge is -2.38. The van der Waals surface area contributed by atoms with Crippen molar-refractivity contribution >= 4 is 11.6 Å². The summed E-state index contributed by atoms with van der Waals surface area (Å²) in [5.74, 6) is 0.900. The Morgan fingerprint density at radius 3 is 2.93 bits per heavy atom. The van der Waals surface area contributed by atoms with Crippen LogP contribution >= 0.6 is 0 Å². The van der Waals surface area contributed by atoms with E-state index in [4.69, 9.17) is 9.47 Å². The number of fused-ring (bicyclic) bond motifs is 2. The SMILES string of the molecule is COc1ccc2c(c1)C(NC(=O)c1cnc3ccccn3c1=O)CC(C)(C)O2. The van der Waals surface area contributed by atoms with Gasteiger partial charge in [0, 0.05) is 24.4 Å². The number of rotatable bonds is 3. The predicted octanol–water partition coefficient (Wildman–Crippen LogP) is 2.74. The maximum atomic E-state index is 12.9. The fourth-order valence-corrected chi connectivity index (χ4v) is 3.51. The molecule has 144 valence electrons. The number of hydrogen-bond acceptors (Lipinski definition) is 5. The third-order valence-electron chi connectivity index (χ3n) is 4.84. The summed E-state index contributed by atoms with van der Waals surface area (Å²) in [6, 6.07) is 10.4. The van der Waals surface area contributed by atoms with Gasteiger partial charge in [0.1, 0.15) is 28.3 Å². The second-order valence-electron chi connectivity index (χ2n) is 7.40. The number of nitrogens with zero attached hydrogens (tertiary/aromatic N) is 2. The van der Waals surface area contributed by atoms with Crippen molar-refractivity contribution in [2.75, 3.05) is 7.11 Å². The highest BCUT2D eigenvalue weighted by Gasteiger charge is 2.35. The molecular weight excluding hydrogens is 358 g/mol. The molecule has 0 bridgehead atoms. The van der Waals surface area contributed by atoms with Crippen LogP contribution in [0.15, 0.2) is 53.6 Å². The topological polar surface area (TPSA) is 81.9 Å². The van der Waals surface area contributed by atoms with Crippen molar-refractivity contribution in [2.45, 2.75) is 31.9 Å². The molecule has 3 aromatic rings. The zero-order valence-corrected chi connectivity index (χ0v) is 15.9. The van der Waals surface area contributed by atoms with Crippen LogP contribution in [0.3, 0.4) is 0 Å². The maximum absolute atomic E-state index is 12.9. The van der Waals surface area contributed by atoms with Crippen LogP contribution in [-0.4, -0.2) is 28.0 Å². The predicted molar refractivity (Wildman–Crippen MR) is 104 cm³/mol. The normalized spacial score (nSPS) is 17.5. The lowest BCUT2D eigenvalue weighted by Crippen LogP contribution is -2.42. The van der Waals surface area contributed by atoms with E-state index in [0.717, 1.165) is 5.56 Å². The molecule has 1 unspecified atom stereocenters. The fraction of sp³-hybridized carbons (Fsp3) is 0.286. The van der Waals surface area contributed by atoms with Gasteiger partial charge in [0.2, 0.25) is 0 Å². The van der Waals surface area contributed by atoms with Gasteiger partial charge in [-0.25, -0.2) is 4.98 Å². The summed E-state index contributed by atoms with van der Waals surface area (Å²) in [5.41, 5.74) is 0.445. The molecule has 1 aliphatic rings. The average Bonchev–Trinajstić information content (AvgIpc) is 2.67. The standard InChI is InChI=1S/C21H21N3O4/c1-21(2)11-16(14-10-13(27-3)7-8-17(14)28-21)23-19(25)15-12-22-18-6-4-5-9-24(18)20(15)26/h4-10,12,16H,11H2,1-3H3,(H,23,25). The molecule has 0 fully saturated rings. The first kappa shape index (κ1) is 18.0. The number of amides is 1. The van der Waals surface area contributed by atoms with E-state index in [0.29, 0.717) is 23.6 Å². The van der Waals surface area contributed by atoms with Crippen molar-refractivity contribution in [1.29, 1.82) is 0 Å². The van der Waals surface area contributed by atoms with Crippen molar-refractivity contribution in [1.82, 2.24) is 14.7 Å². The molecule has 1 N–H and O–H groups in total. The van der Waals surface area contributed by atoms with Crippen LogP contribution in [-0.2, 0) is 0 Å². The third kappa shape index (κ3) is 3.19. The molecule has 1 aromatic carbocycles. The Hall–Kier alpha value is -3.35. The first-order valence-electron chi connectivity index (χ1n) is 9.02. The van der Waals surface area contributed by atoms with Gasteiger partial charge >= 0.3 is 0 Å². The third-order valence-corrected chi connectivity index (χ3v) is 4.84. The second kappa shape index (κ2) is 6.67. The van der Waals surface area contributed by atoms with Gasteiger partial charge in [-0.1, -0.05) is 6.07 Å². The van der Waals surface area contributed by atoms with E-state index in [-0.39, 0.29) is 11.6 Å². The van der Waals surface area contributed by atoms with E-state index >= 15 is 0 Å². The van der Waals surface area contributed by atoms with Crippen molar-refractivity contribution in [3.05, 3.63) is 70.3 Å². The highest BCUT2D eigenvalue weighted by atomic mass is 16.5. The number of methoxy groups -OCH3 is 1. The van der Waals surface area contributed by atoms with E-state index in [1.54, 1.807) is 31.5 Å². The van der Waals surface area contributed by atoms with Gasteiger partial charge in [-0.15, -0.1) is 0 Å². The highest BCUT2D eigenvalue weighted by molar-refractivity contribution is 5.94. The Bertz CT molecular complexity index is 1120. The summed E-state index contributed by atoms with van der Waals surface area (Å²) in [5, 5.41) is 2.98. The molecule has 3 heterocycles. The Morgan fingerprint density at radius 1 is 1.32 bits per heavy atom. The summed E-state index contributed by atoms with van der Waals surface area (Å²) < 4.78 is 12.7. The molecule has 0 saturated heterocycles. The van der Waals surface area contributed by atoms with E-state index in [1.165, 1.54) is 10.6 Å². The molecule has 0 aliphatic carbocycles. The summed E-state index contributed by atoms with van der Waals surface area (Å²) in [4.78, 5) is 29.8. The number of nitrogens with one attached hydrogen (secondary N) is 1.